The van der Waals surface area contributed by atoms with Gasteiger partial charge in [-0.2, -0.15) is 5.10 Å². The number of rotatable bonds is 3. The third kappa shape index (κ3) is 2.47. The maximum absolute atomic E-state index is 13.8. The van der Waals surface area contributed by atoms with Gasteiger partial charge in [0, 0.05) is 29.2 Å². The van der Waals surface area contributed by atoms with Gasteiger partial charge in [-0.15, -0.1) is 6.58 Å². The molecule has 1 spiro atoms. The zero-order chi connectivity index (χ0) is 21.0. The summed E-state index contributed by atoms with van der Waals surface area (Å²) in [5.41, 5.74) is 2.94. The molecular weight excluding hydrogens is 400 g/mol. The first-order chi connectivity index (χ1) is 14.5. The van der Waals surface area contributed by atoms with Gasteiger partial charge in [0.25, 0.3) is 0 Å². The second-order valence-corrected chi connectivity index (χ2v) is 8.09. The number of amides is 2. The van der Waals surface area contributed by atoms with E-state index in [-0.39, 0.29) is 18.2 Å². The lowest BCUT2D eigenvalue weighted by atomic mass is 9.71. The highest BCUT2D eigenvalue weighted by Gasteiger charge is 2.57. The van der Waals surface area contributed by atoms with Gasteiger partial charge in [-0.25, -0.2) is 4.68 Å². The summed E-state index contributed by atoms with van der Waals surface area (Å²) in [5.74, 6) is 0.132. The van der Waals surface area contributed by atoms with E-state index in [0.717, 1.165) is 16.8 Å². The number of nitrogens with zero attached hydrogens (tertiary/aromatic N) is 3. The van der Waals surface area contributed by atoms with Gasteiger partial charge in [-0.3, -0.25) is 9.59 Å². The highest BCUT2D eigenvalue weighted by atomic mass is 35.5. The largest absolute Gasteiger partial charge is 0.310 e. The molecule has 2 amide bonds. The van der Waals surface area contributed by atoms with Crippen LogP contribution in [0.4, 0.5) is 11.5 Å². The standard InChI is InChI=1S/C23H19ClN4O2/c1-3-9-27-19-8-7-14(2)10-17(19)23(22(27)30)12-20(29)26-21-18(23)13-25-28(21)16-6-4-5-15(24)11-16/h3-8,10-11,13H,1,9,12H2,2H3,(H,26,29)/t23-/m1/s1. The second kappa shape index (κ2) is 6.57. The maximum atomic E-state index is 13.8. The van der Waals surface area contributed by atoms with E-state index in [9.17, 15) is 9.59 Å². The number of hydrogen-bond donors (Lipinski definition) is 1. The van der Waals surface area contributed by atoms with Crippen molar-refractivity contribution in [1.82, 2.24) is 9.78 Å². The Morgan fingerprint density at radius 1 is 1.23 bits per heavy atom. The van der Waals surface area contributed by atoms with Crippen LogP contribution in [-0.4, -0.2) is 28.1 Å². The van der Waals surface area contributed by atoms with Crippen LogP contribution in [0.5, 0.6) is 0 Å². The summed E-state index contributed by atoms with van der Waals surface area (Å²) in [4.78, 5) is 28.4. The first kappa shape index (κ1) is 18.6. The number of benzene rings is 2. The van der Waals surface area contributed by atoms with Gasteiger partial charge in [0.15, 0.2) is 0 Å². The van der Waals surface area contributed by atoms with Crippen molar-refractivity contribution in [3.8, 4) is 5.69 Å². The number of fused-ring (bicyclic) bond motifs is 4. The van der Waals surface area contributed by atoms with E-state index in [1.54, 1.807) is 34.0 Å². The molecule has 30 heavy (non-hydrogen) atoms. The molecule has 7 heteroatoms. The van der Waals surface area contributed by atoms with Crippen molar-refractivity contribution in [3.05, 3.63) is 83.0 Å². The molecule has 2 aliphatic rings. The Morgan fingerprint density at radius 2 is 2.07 bits per heavy atom. The molecule has 2 aliphatic heterocycles. The van der Waals surface area contributed by atoms with Crippen molar-refractivity contribution >= 4 is 34.9 Å². The molecule has 5 rings (SSSR count). The van der Waals surface area contributed by atoms with Gasteiger partial charge in [-0.1, -0.05) is 41.4 Å². The summed E-state index contributed by atoms with van der Waals surface area (Å²) in [5, 5.41) is 7.99. The summed E-state index contributed by atoms with van der Waals surface area (Å²) < 4.78 is 1.62. The fourth-order valence-electron chi connectivity index (χ4n) is 4.52. The molecule has 0 saturated heterocycles. The first-order valence-corrected chi connectivity index (χ1v) is 10.0. The third-order valence-electron chi connectivity index (χ3n) is 5.79. The topological polar surface area (TPSA) is 67.2 Å². The molecule has 3 heterocycles. The second-order valence-electron chi connectivity index (χ2n) is 7.65. The summed E-state index contributed by atoms with van der Waals surface area (Å²) in [6, 6.07) is 13.1. The van der Waals surface area contributed by atoms with E-state index in [1.165, 1.54) is 0 Å². The van der Waals surface area contributed by atoms with Gasteiger partial charge in [-0.05, 0) is 36.8 Å². The zero-order valence-corrected chi connectivity index (χ0v) is 17.1. The lowest BCUT2D eigenvalue weighted by molar-refractivity contribution is -0.126. The Morgan fingerprint density at radius 3 is 2.83 bits per heavy atom. The maximum Gasteiger partial charge on any atom is 0.243 e. The normalized spacial score (nSPS) is 19.6. The van der Waals surface area contributed by atoms with Crippen molar-refractivity contribution in [1.29, 1.82) is 0 Å². The van der Waals surface area contributed by atoms with Crippen molar-refractivity contribution in [2.24, 2.45) is 0 Å². The lowest BCUT2D eigenvalue weighted by Gasteiger charge is -2.32. The molecule has 0 radical (unpaired) electrons. The monoisotopic (exact) mass is 418 g/mol. The summed E-state index contributed by atoms with van der Waals surface area (Å²) in [7, 11) is 0. The Bertz CT molecular complexity index is 1230. The van der Waals surface area contributed by atoms with Crippen molar-refractivity contribution < 1.29 is 9.59 Å². The lowest BCUT2D eigenvalue weighted by Crippen LogP contribution is -2.46. The summed E-state index contributed by atoms with van der Waals surface area (Å²) in [6.45, 7) is 6.14. The van der Waals surface area contributed by atoms with Crippen LogP contribution in [0.3, 0.4) is 0 Å². The van der Waals surface area contributed by atoms with Crippen LogP contribution < -0.4 is 10.2 Å². The zero-order valence-electron chi connectivity index (χ0n) is 16.4. The van der Waals surface area contributed by atoms with Gasteiger partial charge in [0.1, 0.15) is 11.2 Å². The average Bonchev–Trinajstić information content (AvgIpc) is 3.23. The molecule has 1 aromatic heterocycles. The number of aromatic nitrogens is 2. The Balaban J connectivity index is 1.78. The molecular formula is C23H19ClN4O2. The van der Waals surface area contributed by atoms with Crippen molar-refractivity contribution in [2.75, 3.05) is 16.8 Å². The van der Waals surface area contributed by atoms with Crippen LogP contribution in [0.1, 0.15) is 23.1 Å². The van der Waals surface area contributed by atoms with E-state index in [4.69, 9.17) is 11.6 Å². The fraction of sp³-hybridized carbons (Fsp3) is 0.174. The molecule has 150 valence electrons. The molecule has 1 atom stereocenters. The molecule has 0 unspecified atom stereocenters. The molecule has 6 nitrogen and oxygen atoms in total. The summed E-state index contributed by atoms with van der Waals surface area (Å²) >= 11 is 6.16. The molecule has 0 aliphatic carbocycles. The first-order valence-electron chi connectivity index (χ1n) is 9.64. The number of halogens is 1. The molecule has 0 bridgehead atoms. The van der Waals surface area contributed by atoms with E-state index in [2.05, 4.69) is 17.0 Å². The van der Waals surface area contributed by atoms with E-state index >= 15 is 0 Å². The number of hydrogen-bond acceptors (Lipinski definition) is 3. The SMILES string of the molecule is C=CCN1C(=O)[C@]2(CC(=O)Nc3c2cnn3-c2cccc(Cl)c2)c2cc(C)ccc21. The van der Waals surface area contributed by atoms with Gasteiger partial charge < -0.3 is 10.2 Å². The molecule has 1 N–H and O–H groups in total. The number of anilines is 2. The Kier molecular flexibility index (Phi) is 4.08. The van der Waals surface area contributed by atoms with Gasteiger partial charge >= 0.3 is 0 Å². The molecule has 0 saturated carbocycles. The minimum atomic E-state index is -1.11. The number of aryl methyl sites for hydroxylation is 1. The summed E-state index contributed by atoms with van der Waals surface area (Å²) in [6.07, 6.45) is 3.40. The van der Waals surface area contributed by atoms with Crippen LogP contribution in [0.2, 0.25) is 5.02 Å². The molecule has 3 aromatic rings. The predicted octanol–water partition coefficient (Wildman–Crippen LogP) is 4.00. The molecule has 0 fully saturated rings. The highest BCUT2D eigenvalue weighted by molar-refractivity contribution is 6.30. The van der Waals surface area contributed by atoms with E-state index in [0.29, 0.717) is 28.6 Å². The third-order valence-corrected chi connectivity index (χ3v) is 6.02. The van der Waals surface area contributed by atoms with Crippen molar-refractivity contribution in [3.63, 3.8) is 0 Å². The smallest absolute Gasteiger partial charge is 0.243 e. The van der Waals surface area contributed by atoms with E-state index in [1.807, 2.05) is 37.3 Å². The Labute approximate surface area is 178 Å². The average molecular weight is 419 g/mol. The fourth-order valence-corrected chi connectivity index (χ4v) is 4.71. The number of carbonyl (C=O) groups is 2. The van der Waals surface area contributed by atoms with Crippen LogP contribution in [0, 0.1) is 6.92 Å². The van der Waals surface area contributed by atoms with Crippen LogP contribution in [-0.2, 0) is 15.0 Å². The predicted molar refractivity (Wildman–Crippen MR) is 116 cm³/mol. The Hall–Kier alpha value is -3.38. The minimum Gasteiger partial charge on any atom is -0.310 e. The minimum absolute atomic E-state index is 0.0319. The van der Waals surface area contributed by atoms with Gasteiger partial charge in [0.05, 0.1) is 11.9 Å². The highest BCUT2D eigenvalue weighted by Crippen LogP contribution is 2.52. The van der Waals surface area contributed by atoms with E-state index < -0.39 is 5.41 Å². The van der Waals surface area contributed by atoms with Crippen LogP contribution >= 0.6 is 11.6 Å². The van der Waals surface area contributed by atoms with Crippen LogP contribution in [0.15, 0.2) is 61.3 Å². The quantitative estimate of drug-likeness (QED) is 0.654. The number of carbonyl (C=O) groups excluding carboxylic acids is 2. The molecule has 2 aromatic carbocycles. The van der Waals surface area contributed by atoms with Gasteiger partial charge in [0.2, 0.25) is 11.8 Å². The van der Waals surface area contributed by atoms with Crippen LogP contribution in [0.25, 0.3) is 5.69 Å². The van der Waals surface area contributed by atoms with Crippen molar-refractivity contribution in [2.45, 2.75) is 18.8 Å². The number of nitrogens with one attached hydrogen (secondary N) is 1.